The number of fused-ring (bicyclic) bond motifs is 1. The largest absolute Gasteiger partial charge is 0.342 e. The lowest BCUT2D eigenvalue weighted by Gasteiger charge is -2.37. The molecule has 2 aromatic carbocycles. The van der Waals surface area contributed by atoms with E-state index < -0.39 is 17.5 Å². The number of likely N-dealkylation sites (tertiary alicyclic amines) is 2. The molecule has 2 fully saturated rings. The van der Waals surface area contributed by atoms with Crippen LogP contribution in [0, 0.1) is 30.3 Å². The second-order valence-electron chi connectivity index (χ2n) is 12.6. The predicted octanol–water partition coefficient (Wildman–Crippen LogP) is 7.43. The van der Waals surface area contributed by atoms with Gasteiger partial charge in [-0.05, 0) is 117 Å². The third-order valence-electron chi connectivity index (χ3n) is 9.50. The van der Waals surface area contributed by atoms with Gasteiger partial charge >= 0.3 is 0 Å². The minimum Gasteiger partial charge on any atom is -0.342 e. The zero-order valence-electron chi connectivity index (χ0n) is 25.8. The molecule has 236 valence electrons. The Labute approximate surface area is 266 Å². The van der Waals surface area contributed by atoms with E-state index in [0.29, 0.717) is 30.0 Å². The minimum absolute atomic E-state index is 0.0174. The molecule has 1 amide bonds. The van der Waals surface area contributed by atoms with E-state index in [9.17, 15) is 18.0 Å². The topological polar surface area (TPSA) is 54.3 Å². The summed E-state index contributed by atoms with van der Waals surface area (Å²) in [6.45, 7) is 5.87. The Morgan fingerprint density at radius 2 is 1.57 bits per heavy atom. The Balaban J connectivity index is 1.13. The van der Waals surface area contributed by atoms with Crippen LogP contribution in [-0.4, -0.2) is 56.4 Å². The van der Waals surface area contributed by atoms with Gasteiger partial charge in [0.2, 0.25) is 5.91 Å². The molecule has 6 nitrogen and oxygen atoms in total. The number of pyridine rings is 2. The first-order valence-electron chi connectivity index (χ1n) is 16.0. The van der Waals surface area contributed by atoms with E-state index >= 15 is 0 Å². The zero-order valence-corrected chi connectivity index (χ0v) is 25.8. The highest BCUT2D eigenvalue weighted by Gasteiger charge is 2.34. The van der Waals surface area contributed by atoms with Crippen molar-refractivity contribution in [1.29, 1.82) is 0 Å². The van der Waals surface area contributed by atoms with Gasteiger partial charge in [-0.1, -0.05) is 6.07 Å². The first-order chi connectivity index (χ1) is 22.3. The quantitative estimate of drug-likeness (QED) is 0.197. The van der Waals surface area contributed by atoms with Gasteiger partial charge in [-0.2, -0.15) is 0 Å². The SMILES string of the molecule is Cc1cc(CN2CCC(C(=O)N3CCC(c4c(-c5ccccn5)n(-c5cc(F)cc(F)c5)c5cc(F)ccc45)CC3)CC2)ccn1. The second-order valence-corrected chi connectivity index (χ2v) is 12.6. The van der Waals surface area contributed by atoms with E-state index in [1.807, 2.05) is 36.2 Å². The molecule has 0 atom stereocenters. The fourth-order valence-electron chi connectivity index (χ4n) is 7.34. The standard InChI is InChI=1S/C37H36F3N5O/c1-24-18-25(7-13-41-24)23-43-14-8-27(9-15-43)37(46)44-16-10-26(11-17-44)35-32-6-5-28(38)22-34(32)45(31-20-29(39)19-30(40)21-31)36(35)33-4-2-3-12-42-33/h2-7,12-13,18-22,26-27H,8-11,14-17,23H2,1H3. The molecule has 2 aliphatic rings. The molecule has 2 saturated heterocycles. The van der Waals surface area contributed by atoms with Gasteiger partial charge in [0.05, 0.1) is 22.6 Å². The zero-order chi connectivity index (χ0) is 31.8. The van der Waals surface area contributed by atoms with E-state index in [1.165, 1.54) is 29.8 Å². The number of rotatable bonds is 6. The highest BCUT2D eigenvalue weighted by molar-refractivity contribution is 5.94. The van der Waals surface area contributed by atoms with E-state index in [-0.39, 0.29) is 23.4 Å². The van der Waals surface area contributed by atoms with Crippen LogP contribution in [0.1, 0.15) is 48.4 Å². The summed E-state index contributed by atoms with van der Waals surface area (Å²) in [5.41, 5.74) is 5.32. The molecular formula is C37H36F3N5O. The maximum atomic E-state index is 14.7. The van der Waals surface area contributed by atoms with Crippen molar-refractivity contribution in [2.24, 2.45) is 5.92 Å². The molecule has 0 saturated carbocycles. The number of carbonyl (C=O) groups is 1. The van der Waals surface area contributed by atoms with Crippen molar-refractivity contribution in [2.75, 3.05) is 26.2 Å². The summed E-state index contributed by atoms with van der Waals surface area (Å²) in [5, 5.41) is 0.813. The van der Waals surface area contributed by atoms with Crippen molar-refractivity contribution < 1.29 is 18.0 Å². The van der Waals surface area contributed by atoms with Crippen LogP contribution in [-0.2, 0) is 11.3 Å². The van der Waals surface area contributed by atoms with Crippen molar-refractivity contribution in [3.05, 3.63) is 113 Å². The Bertz CT molecular complexity index is 1860. The van der Waals surface area contributed by atoms with Gasteiger partial charge < -0.3 is 9.47 Å². The van der Waals surface area contributed by atoms with Crippen LogP contribution in [0.2, 0.25) is 0 Å². The Kier molecular flexibility index (Phi) is 8.34. The number of halogens is 3. The summed E-state index contributed by atoms with van der Waals surface area (Å²) in [7, 11) is 0. The third kappa shape index (κ3) is 6.03. The molecule has 2 aliphatic heterocycles. The number of benzene rings is 2. The van der Waals surface area contributed by atoms with Gasteiger partial charge in [0.1, 0.15) is 17.5 Å². The molecule has 3 aromatic heterocycles. The van der Waals surface area contributed by atoms with Gasteiger partial charge in [-0.15, -0.1) is 0 Å². The molecule has 5 aromatic rings. The van der Waals surface area contributed by atoms with Gasteiger partial charge in [-0.25, -0.2) is 13.2 Å². The van der Waals surface area contributed by atoms with E-state index in [1.54, 1.807) is 16.8 Å². The van der Waals surface area contributed by atoms with Crippen LogP contribution >= 0.6 is 0 Å². The highest BCUT2D eigenvalue weighted by Crippen LogP contribution is 2.44. The molecule has 9 heteroatoms. The number of aryl methyl sites for hydroxylation is 1. The number of aromatic nitrogens is 3. The summed E-state index contributed by atoms with van der Waals surface area (Å²) in [6.07, 6.45) is 6.66. The molecule has 0 aliphatic carbocycles. The fourth-order valence-corrected chi connectivity index (χ4v) is 7.34. The van der Waals surface area contributed by atoms with Crippen molar-refractivity contribution in [1.82, 2.24) is 24.3 Å². The van der Waals surface area contributed by atoms with Crippen LogP contribution in [0.15, 0.2) is 79.1 Å². The fraction of sp³-hybridized carbons (Fsp3) is 0.324. The third-order valence-corrected chi connectivity index (χ3v) is 9.50. The molecule has 0 radical (unpaired) electrons. The Morgan fingerprint density at radius 1 is 0.804 bits per heavy atom. The molecule has 5 heterocycles. The lowest BCUT2D eigenvalue weighted by Crippen LogP contribution is -2.45. The number of carbonyl (C=O) groups excluding carboxylic acids is 1. The summed E-state index contributed by atoms with van der Waals surface area (Å²) in [4.78, 5) is 27.0. The molecule has 0 spiro atoms. The van der Waals surface area contributed by atoms with Crippen LogP contribution in [0.4, 0.5) is 13.2 Å². The number of piperidine rings is 2. The van der Waals surface area contributed by atoms with Crippen LogP contribution in [0.25, 0.3) is 28.0 Å². The second kappa shape index (κ2) is 12.7. The van der Waals surface area contributed by atoms with Crippen molar-refractivity contribution in [3.8, 4) is 17.1 Å². The molecule has 7 rings (SSSR count). The normalized spacial score (nSPS) is 16.7. The average Bonchev–Trinajstić information content (AvgIpc) is 3.39. The monoisotopic (exact) mass is 623 g/mol. The predicted molar refractivity (Wildman–Crippen MR) is 172 cm³/mol. The number of nitrogens with zero attached hydrogens (tertiary/aromatic N) is 5. The first-order valence-corrected chi connectivity index (χ1v) is 16.0. The number of hydrogen-bond acceptors (Lipinski definition) is 4. The van der Waals surface area contributed by atoms with E-state index in [0.717, 1.165) is 68.0 Å². The van der Waals surface area contributed by atoms with Gasteiger partial charge in [0.25, 0.3) is 0 Å². The van der Waals surface area contributed by atoms with Crippen molar-refractivity contribution in [3.63, 3.8) is 0 Å². The van der Waals surface area contributed by atoms with Crippen molar-refractivity contribution >= 4 is 16.8 Å². The smallest absolute Gasteiger partial charge is 0.225 e. The van der Waals surface area contributed by atoms with Crippen LogP contribution < -0.4 is 0 Å². The van der Waals surface area contributed by atoms with E-state index in [2.05, 4.69) is 27.0 Å². The summed E-state index contributed by atoms with van der Waals surface area (Å²) < 4.78 is 45.5. The average molecular weight is 624 g/mol. The number of hydrogen-bond donors (Lipinski definition) is 0. The van der Waals surface area contributed by atoms with Crippen LogP contribution in [0.5, 0.6) is 0 Å². The number of amides is 1. The minimum atomic E-state index is -0.716. The lowest BCUT2D eigenvalue weighted by atomic mass is 9.85. The van der Waals surface area contributed by atoms with E-state index in [4.69, 9.17) is 0 Å². The Morgan fingerprint density at radius 3 is 2.26 bits per heavy atom. The molecule has 0 N–H and O–H groups in total. The van der Waals surface area contributed by atoms with Crippen LogP contribution in [0.3, 0.4) is 0 Å². The van der Waals surface area contributed by atoms with Gasteiger partial charge in [0.15, 0.2) is 0 Å². The summed E-state index contributed by atoms with van der Waals surface area (Å²) >= 11 is 0. The Hall–Kier alpha value is -4.50. The maximum absolute atomic E-state index is 14.7. The summed E-state index contributed by atoms with van der Waals surface area (Å²) in [5.74, 6) is -1.59. The molecule has 0 unspecified atom stereocenters. The van der Waals surface area contributed by atoms with Crippen molar-refractivity contribution in [2.45, 2.75) is 45.1 Å². The highest BCUT2D eigenvalue weighted by atomic mass is 19.1. The first kappa shape index (κ1) is 30.2. The lowest BCUT2D eigenvalue weighted by molar-refractivity contribution is -0.138. The molecule has 46 heavy (non-hydrogen) atoms. The molecule has 0 bridgehead atoms. The molecular weight excluding hydrogens is 587 g/mol. The van der Waals surface area contributed by atoms with Gasteiger partial charge in [-0.3, -0.25) is 19.7 Å². The summed E-state index contributed by atoms with van der Waals surface area (Å²) in [6, 6.07) is 17.6. The maximum Gasteiger partial charge on any atom is 0.225 e. The van der Waals surface area contributed by atoms with Gasteiger partial charge in [0, 0.05) is 55.1 Å².